The van der Waals surface area contributed by atoms with Crippen LogP contribution in [0.2, 0.25) is 5.02 Å². The molecule has 2 aliphatic rings. The van der Waals surface area contributed by atoms with E-state index < -0.39 is 11.2 Å². The van der Waals surface area contributed by atoms with E-state index in [1.165, 1.54) is 12.4 Å². The molecule has 1 saturated carbocycles. The van der Waals surface area contributed by atoms with E-state index in [1.807, 2.05) is 12.1 Å². The fourth-order valence-electron chi connectivity index (χ4n) is 4.01. The van der Waals surface area contributed by atoms with Crippen LogP contribution in [0.15, 0.2) is 47.5 Å². The normalized spacial score (nSPS) is 19.7. The lowest BCUT2D eigenvalue weighted by Gasteiger charge is -2.29. The molecule has 3 heterocycles. The quantitative estimate of drug-likeness (QED) is 0.504. The van der Waals surface area contributed by atoms with Gasteiger partial charge in [-0.2, -0.15) is 15.0 Å². The summed E-state index contributed by atoms with van der Waals surface area (Å²) in [4.78, 5) is 17.1. The van der Waals surface area contributed by atoms with E-state index in [0.29, 0.717) is 42.4 Å². The number of benzene rings is 1. The zero-order chi connectivity index (χ0) is 24.4. The minimum atomic E-state index is -1.51. The number of pyridine rings is 1. The van der Waals surface area contributed by atoms with Crippen LogP contribution in [-0.2, 0) is 4.74 Å². The third-order valence-corrected chi connectivity index (χ3v) is 6.51. The maximum Gasteiger partial charge on any atom is 0.292 e. The van der Waals surface area contributed by atoms with E-state index in [9.17, 15) is 14.4 Å². The molecule has 0 radical (unpaired) electrons. The van der Waals surface area contributed by atoms with Gasteiger partial charge in [-0.3, -0.25) is 4.79 Å². The van der Waals surface area contributed by atoms with Gasteiger partial charge in [-0.05, 0) is 55.4 Å². The van der Waals surface area contributed by atoms with E-state index in [4.69, 9.17) is 21.1 Å². The summed E-state index contributed by atoms with van der Waals surface area (Å²) in [5, 5.41) is 16.3. The first-order valence-electron chi connectivity index (χ1n) is 11.4. The molecule has 0 spiro atoms. The van der Waals surface area contributed by atoms with Gasteiger partial charge in [0.2, 0.25) is 5.88 Å². The Morgan fingerprint density at radius 2 is 2.17 bits per heavy atom. The molecule has 1 unspecified atom stereocenters. The number of hydrogen-bond donors (Lipinski definition) is 1. The number of halogens is 2. The first-order chi connectivity index (χ1) is 17.0. The van der Waals surface area contributed by atoms with Crippen LogP contribution >= 0.6 is 11.6 Å². The minimum absolute atomic E-state index is 0.00291. The zero-order valence-electron chi connectivity index (χ0n) is 18.8. The van der Waals surface area contributed by atoms with Crippen molar-refractivity contribution in [2.75, 3.05) is 25.1 Å². The van der Waals surface area contributed by atoms with E-state index in [-0.39, 0.29) is 29.7 Å². The molecule has 1 saturated heterocycles. The molecule has 1 aliphatic heterocycles. The molecule has 3 aromatic rings. The monoisotopic (exact) mass is 495 g/mol. The van der Waals surface area contributed by atoms with Gasteiger partial charge in [-0.1, -0.05) is 17.7 Å². The lowest BCUT2D eigenvalue weighted by molar-refractivity contribution is -0.0234. The van der Waals surface area contributed by atoms with Gasteiger partial charge in [0, 0.05) is 12.7 Å². The molecular weight excluding hydrogens is 473 g/mol. The Kier molecular flexibility index (Phi) is 6.41. The molecule has 0 amide bonds. The Morgan fingerprint density at radius 3 is 2.86 bits per heavy atom. The maximum atomic E-state index is 14.8. The summed E-state index contributed by atoms with van der Waals surface area (Å²) in [7, 11) is 0. The third kappa shape index (κ3) is 5.14. The molecule has 1 aliphatic carbocycles. The number of hydrogen-bond acceptors (Lipinski definition) is 7. The van der Waals surface area contributed by atoms with Crippen LogP contribution < -0.4 is 15.6 Å². The van der Waals surface area contributed by atoms with Gasteiger partial charge in [0.05, 0.1) is 42.5 Å². The Hall–Kier alpha value is -3.48. The fourth-order valence-corrected chi connectivity index (χ4v) is 4.20. The average Bonchev–Trinajstić information content (AvgIpc) is 3.72. The zero-order valence-corrected chi connectivity index (χ0v) is 19.6. The molecule has 1 aromatic carbocycles. The largest absolute Gasteiger partial charge is 0.438 e. The van der Waals surface area contributed by atoms with E-state index in [0.717, 1.165) is 23.1 Å². The molecule has 5 rings (SSSR count). The summed E-state index contributed by atoms with van der Waals surface area (Å²) in [6.07, 6.45) is 6.11. The second-order valence-corrected chi connectivity index (χ2v) is 9.23. The molecule has 2 aromatic heterocycles. The van der Waals surface area contributed by atoms with Crippen LogP contribution in [-0.4, -0.2) is 40.2 Å². The van der Waals surface area contributed by atoms with Crippen molar-refractivity contribution in [1.29, 1.82) is 5.26 Å². The number of nitriles is 1. The highest BCUT2D eigenvalue weighted by molar-refractivity contribution is 6.32. The number of ether oxygens (including phenoxy) is 2. The molecule has 1 N–H and O–H groups in total. The van der Waals surface area contributed by atoms with Crippen molar-refractivity contribution >= 4 is 17.3 Å². The average molecular weight is 496 g/mol. The summed E-state index contributed by atoms with van der Waals surface area (Å²) in [6, 6.07) is 10.9. The fraction of sp³-hybridized carbons (Fsp3) is 0.360. The Balaban J connectivity index is 1.31. The van der Waals surface area contributed by atoms with Crippen molar-refractivity contribution in [3.05, 3.63) is 69.2 Å². The summed E-state index contributed by atoms with van der Waals surface area (Å²) in [5.74, 6) is 1.24. The van der Waals surface area contributed by atoms with Crippen LogP contribution in [0.5, 0.6) is 11.6 Å². The van der Waals surface area contributed by atoms with Crippen LogP contribution in [0, 0.1) is 11.3 Å². The van der Waals surface area contributed by atoms with Crippen molar-refractivity contribution in [2.45, 2.75) is 37.3 Å². The standard InChI is InChI=1S/C25H23ClFN5O3/c26-23-20(30-14-25(27)8-1-9-34-15-25)13-31-32(24(23)33)19-6-7-22(29-12-19)35-21-10-17(16-2-3-16)4-5-18(21)11-28/h4-7,10,12-13,16,30H,1-3,8-9,14-15H2. The number of nitrogens with zero attached hydrogens (tertiary/aromatic N) is 4. The van der Waals surface area contributed by atoms with Crippen LogP contribution in [0.1, 0.15) is 42.7 Å². The van der Waals surface area contributed by atoms with Crippen LogP contribution in [0.3, 0.4) is 0 Å². The van der Waals surface area contributed by atoms with Gasteiger partial charge < -0.3 is 14.8 Å². The van der Waals surface area contributed by atoms with E-state index >= 15 is 0 Å². The minimum Gasteiger partial charge on any atom is -0.438 e. The first kappa shape index (κ1) is 23.3. The van der Waals surface area contributed by atoms with Crippen molar-refractivity contribution in [1.82, 2.24) is 14.8 Å². The van der Waals surface area contributed by atoms with Crippen LogP contribution in [0.4, 0.5) is 10.1 Å². The van der Waals surface area contributed by atoms with Crippen molar-refractivity contribution < 1.29 is 13.9 Å². The molecule has 35 heavy (non-hydrogen) atoms. The number of aromatic nitrogens is 3. The molecule has 180 valence electrons. The molecule has 2 fully saturated rings. The van der Waals surface area contributed by atoms with Crippen molar-refractivity contribution in [2.24, 2.45) is 0 Å². The van der Waals surface area contributed by atoms with Crippen molar-refractivity contribution in [3.8, 4) is 23.4 Å². The molecule has 10 heteroatoms. The number of rotatable bonds is 7. The lowest BCUT2D eigenvalue weighted by Crippen LogP contribution is -2.40. The van der Waals surface area contributed by atoms with E-state index in [2.05, 4.69) is 21.5 Å². The topological polar surface area (TPSA) is 102 Å². The summed E-state index contributed by atoms with van der Waals surface area (Å²) in [6.45, 7) is 0.523. The third-order valence-electron chi connectivity index (χ3n) is 6.14. The van der Waals surface area contributed by atoms with Gasteiger partial charge in [0.1, 0.15) is 16.8 Å². The second kappa shape index (κ2) is 9.64. The molecule has 0 bridgehead atoms. The predicted octanol–water partition coefficient (Wildman–Crippen LogP) is 4.75. The first-order valence-corrected chi connectivity index (χ1v) is 11.8. The molecule has 8 nitrogen and oxygen atoms in total. The SMILES string of the molecule is N#Cc1ccc(C2CC2)cc1Oc1ccc(-n2ncc(NCC3(F)CCCOC3)c(Cl)c2=O)cn1. The second-order valence-electron chi connectivity index (χ2n) is 8.85. The summed E-state index contributed by atoms with van der Waals surface area (Å²) < 4.78 is 27.0. The smallest absolute Gasteiger partial charge is 0.292 e. The Bertz CT molecular complexity index is 1330. The maximum absolute atomic E-state index is 14.8. The highest BCUT2D eigenvalue weighted by atomic mass is 35.5. The van der Waals surface area contributed by atoms with Gasteiger partial charge in [-0.25, -0.2) is 9.37 Å². The Labute approximate surface area is 206 Å². The van der Waals surface area contributed by atoms with Gasteiger partial charge in [-0.15, -0.1) is 0 Å². The number of anilines is 1. The van der Waals surface area contributed by atoms with E-state index in [1.54, 1.807) is 18.2 Å². The van der Waals surface area contributed by atoms with Crippen molar-refractivity contribution in [3.63, 3.8) is 0 Å². The predicted molar refractivity (Wildman–Crippen MR) is 128 cm³/mol. The highest BCUT2D eigenvalue weighted by Crippen LogP contribution is 2.42. The molecule has 1 atom stereocenters. The van der Waals surface area contributed by atoms with Crippen LogP contribution in [0.25, 0.3) is 5.69 Å². The lowest BCUT2D eigenvalue weighted by atomic mass is 9.99. The molecular formula is C25H23ClFN5O3. The van der Waals surface area contributed by atoms with Gasteiger partial charge in [0.15, 0.2) is 5.67 Å². The summed E-state index contributed by atoms with van der Waals surface area (Å²) in [5.41, 5.74) is 0.115. The highest BCUT2D eigenvalue weighted by Gasteiger charge is 2.32. The van der Waals surface area contributed by atoms with Gasteiger partial charge >= 0.3 is 0 Å². The Morgan fingerprint density at radius 1 is 1.31 bits per heavy atom. The van der Waals surface area contributed by atoms with Gasteiger partial charge in [0.25, 0.3) is 5.56 Å². The number of alkyl halides is 1. The summed E-state index contributed by atoms with van der Waals surface area (Å²) >= 11 is 6.26. The number of nitrogens with one attached hydrogen (secondary N) is 1.